The fourth-order valence-electron chi connectivity index (χ4n) is 2.26. The molecular formula is C12H25NOS. The van der Waals surface area contributed by atoms with Gasteiger partial charge in [-0.25, -0.2) is 0 Å². The smallest absolute Gasteiger partial charge is 0.0246 e. The van der Waals surface area contributed by atoms with Crippen LogP contribution in [0, 0.1) is 5.92 Å². The molecule has 2 nitrogen and oxygen atoms in total. The first-order valence-corrected chi connectivity index (χ1v) is 7.86. The van der Waals surface area contributed by atoms with Crippen LogP contribution in [0.2, 0.25) is 0 Å². The lowest BCUT2D eigenvalue weighted by Crippen LogP contribution is -2.39. The largest absolute Gasteiger partial charge is 0.311 e. The van der Waals surface area contributed by atoms with Crippen molar-refractivity contribution in [3.63, 3.8) is 0 Å². The van der Waals surface area contributed by atoms with Gasteiger partial charge in [-0.05, 0) is 44.9 Å². The Morgan fingerprint density at radius 1 is 1.33 bits per heavy atom. The Labute approximate surface area is 96.7 Å². The SMILES string of the molecule is CC1CCC(NC(C)CCS(C)=O)CC1. The molecule has 0 amide bonds. The van der Waals surface area contributed by atoms with Gasteiger partial charge in [-0.3, -0.25) is 4.21 Å². The van der Waals surface area contributed by atoms with Crippen LogP contribution in [0.1, 0.15) is 46.0 Å². The van der Waals surface area contributed by atoms with E-state index >= 15 is 0 Å². The highest BCUT2D eigenvalue weighted by molar-refractivity contribution is 7.84. The van der Waals surface area contributed by atoms with Crippen molar-refractivity contribution in [3.05, 3.63) is 0 Å². The van der Waals surface area contributed by atoms with Gasteiger partial charge in [0.2, 0.25) is 0 Å². The molecule has 0 saturated heterocycles. The van der Waals surface area contributed by atoms with Gasteiger partial charge in [-0.1, -0.05) is 6.92 Å². The summed E-state index contributed by atoms with van der Waals surface area (Å²) in [7, 11) is -0.638. The monoisotopic (exact) mass is 231 g/mol. The Hall–Kier alpha value is 0.110. The van der Waals surface area contributed by atoms with E-state index in [1.807, 2.05) is 0 Å². The highest BCUT2D eigenvalue weighted by atomic mass is 32.2. The molecule has 1 N–H and O–H groups in total. The van der Waals surface area contributed by atoms with Crippen molar-refractivity contribution in [2.75, 3.05) is 12.0 Å². The van der Waals surface area contributed by atoms with Gasteiger partial charge in [-0.15, -0.1) is 0 Å². The molecule has 0 heterocycles. The minimum atomic E-state index is -0.638. The Morgan fingerprint density at radius 3 is 2.47 bits per heavy atom. The molecule has 1 aliphatic rings. The van der Waals surface area contributed by atoms with Crippen molar-refractivity contribution < 1.29 is 4.21 Å². The molecular weight excluding hydrogens is 206 g/mol. The fraction of sp³-hybridized carbons (Fsp3) is 1.00. The van der Waals surface area contributed by atoms with Crippen LogP contribution in [0.15, 0.2) is 0 Å². The standard InChI is InChI=1S/C12H25NOS/c1-10-4-6-12(7-5-10)13-11(2)8-9-15(3)14/h10-13H,4-9H2,1-3H3. The number of hydrogen-bond donors (Lipinski definition) is 1. The van der Waals surface area contributed by atoms with Gasteiger partial charge in [0, 0.05) is 34.9 Å². The van der Waals surface area contributed by atoms with Gasteiger partial charge in [0.25, 0.3) is 0 Å². The van der Waals surface area contributed by atoms with E-state index < -0.39 is 10.8 Å². The third kappa shape index (κ3) is 5.67. The lowest BCUT2D eigenvalue weighted by Gasteiger charge is -2.29. The predicted molar refractivity (Wildman–Crippen MR) is 67.6 cm³/mol. The van der Waals surface area contributed by atoms with Crippen molar-refractivity contribution in [2.45, 2.75) is 58.0 Å². The molecule has 15 heavy (non-hydrogen) atoms. The van der Waals surface area contributed by atoms with E-state index in [0.717, 1.165) is 18.1 Å². The second-order valence-electron chi connectivity index (χ2n) is 5.09. The summed E-state index contributed by atoms with van der Waals surface area (Å²) in [4.78, 5) is 0. The van der Waals surface area contributed by atoms with Gasteiger partial charge in [0.15, 0.2) is 0 Å². The lowest BCUT2D eigenvalue weighted by atomic mass is 9.87. The Bertz CT molecular complexity index is 200. The Kier molecular flexibility index (Phi) is 5.83. The first kappa shape index (κ1) is 13.2. The lowest BCUT2D eigenvalue weighted by molar-refractivity contribution is 0.289. The van der Waals surface area contributed by atoms with Crippen molar-refractivity contribution in [2.24, 2.45) is 5.92 Å². The molecule has 0 spiro atoms. The quantitative estimate of drug-likeness (QED) is 0.787. The number of rotatable bonds is 5. The maximum absolute atomic E-state index is 11.0. The van der Waals surface area contributed by atoms with Crippen molar-refractivity contribution in [1.82, 2.24) is 5.32 Å². The normalized spacial score (nSPS) is 31.1. The van der Waals surface area contributed by atoms with E-state index in [4.69, 9.17) is 0 Å². The first-order valence-electron chi connectivity index (χ1n) is 6.14. The topological polar surface area (TPSA) is 29.1 Å². The number of nitrogens with one attached hydrogen (secondary N) is 1. The molecule has 0 aromatic heterocycles. The van der Waals surface area contributed by atoms with Gasteiger partial charge >= 0.3 is 0 Å². The summed E-state index contributed by atoms with van der Waals surface area (Å²) < 4.78 is 11.0. The average molecular weight is 231 g/mol. The summed E-state index contributed by atoms with van der Waals surface area (Å²) in [6.07, 6.45) is 8.19. The molecule has 0 radical (unpaired) electrons. The van der Waals surface area contributed by atoms with Crippen molar-refractivity contribution in [1.29, 1.82) is 0 Å². The molecule has 0 aromatic rings. The van der Waals surface area contributed by atoms with Gasteiger partial charge in [0.05, 0.1) is 0 Å². The average Bonchev–Trinajstić information content (AvgIpc) is 2.19. The van der Waals surface area contributed by atoms with Crippen LogP contribution in [0.4, 0.5) is 0 Å². The zero-order valence-corrected chi connectivity index (χ0v) is 11.1. The summed E-state index contributed by atoms with van der Waals surface area (Å²) >= 11 is 0. The minimum Gasteiger partial charge on any atom is -0.311 e. The number of hydrogen-bond acceptors (Lipinski definition) is 2. The molecule has 1 saturated carbocycles. The summed E-state index contributed by atoms with van der Waals surface area (Å²) in [6, 6.07) is 1.23. The molecule has 1 aliphatic carbocycles. The molecule has 3 heteroatoms. The van der Waals surface area contributed by atoms with Crippen LogP contribution >= 0.6 is 0 Å². The van der Waals surface area contributed by atoms with E-state index in [1.54, 1.807) is 6.26 Å². The molecule has 0 aliphatic heterocycles. The van der Waals surface area contributed by atoms with Crippen LogP contribution in [0.5, 0.6) is 0 Å². The molecule has 1 fully saturated rings. The minimum absolute atomic E-state index is 0.521. The van der Waals surface area contributed by atoms with E-state index in [-0.39, 0.29) is 0 Å². The second kappa shape index (κ2) is 6.64. The summed E-state index contributed by atoms with van der Waals surface area (Å²) in [5.41, 5.74) is 0. The zero-order chi connectivity index (χ0) is 11.3. The molecule has 2 atom stereocenters. The summed E-state index contributed by atoms with van der Waals surface area (Å²) in [5, 5.41) is 3.66. The molecule has 0 bridgehead atoms. The third-order valence-corrected chi connectivity index (χ3v) is 4.19. The fourth-order valence-corrected chi connectivity index (χ4v) is 2.94. The van der Waals surface area contributed by atoms with Crippen molar-refractivity contribution in [3.8, 4) is 0 Å². The third-order valence-electron chi connectivity index (χ3n) is 3.37. The predicted octanol–water partition coefficient (Wildman–Crippen LogP) is 2.31. The highest BCUT2D eigenvalue weighted by Crippen LogP contribution is 2.23. The molecule has 90 valence electrons. The maximum atomic E-state index is 11.0. The van der Waals surface area contributed by atoms with E-state index in [0.29, 0.717) is 12.1 Å². The van der Waals surface area contributed by atoms with E-state index in [9.17, 15) is 4.21 Å². The zero-order valence-electron chi connectivity index (χ0n) is 10.3. The maximum Gasteiger partial charge on any atom is 0.0246 e. The molecule has 0 aromatic carbocycles. The summed E-state index contributed by atoms with van der Waals surface area (Å²) in [5.74, 6) is 1.75. The molecule has 2 unspecified atom stereocenters. The van der Waals surface area contributed by atoms with E-state index in [2.05, 4.69) is 19.2 Å². The van der Waals surface area contributed by atoms with Crippen LogP contribution in [0.3, 0.4) is 0 Å². The van der Waals surface area contributed by atoms with Crippen LogP contribution in [-0.4, -0.2) is 28.3 Å². The Morgan fingerprint density at radius 2 is 1.93 bits per heavy atom. The Balaban J connectivity index is 2.14. The van der Waals surface area contributed by atoms with Gasteiger partial charge in [0.1, 0.15) is 0 Å². The van der Waals surface area contributed by atoms with Crippen LogP contribution in [0.25, 0.3) is 0 Å². The highest BCUT2D eigenvalue weighted by Gasteiger charge is 2.19. The van der Waals surface area contributed by atoms with Gasteiger partial charge in [-0.2, -0.15) is 0 Å². The van der Waals surface area contributed by atoms with Crippen molar-refractivity contribution >= 4 is 10.8 Å². The summed E-state index contributed by atoms with van der Waals surface area (Å²) in [6.45, 7) is 4.56. The van der Waals surface area contributed by atoms with Gasteiger partial charge < -0.3 is 5.32 Å². The molecule has 1 rings (SSSR count). The first-order chi connectivity index (χ1) is 7.08. The van der Waals surface area contributed by atoms with Crippen LogP contribution < -0.4 is 5.32 Å². The van der Waals surface area contributed by atoms with E-state index in [1.165, 1.54) is 25.7 Å². The second-order valence-corrected chi connectivity index (χ2v) is 6.65. The van der Waals surface area contributed by atoms with Crippen LogP contribution in [-0.2, 0) is 10.8 Å².